The summed E-state index contributed by atoms with van der Waals surface area (Å²) in [5.74, 6) is -3.12. The number of nitrogens with zero attached hydrogens (tertiary/aromatic N) is 3. The van der Waals surface area contributed by atoms with Crippen molar-refractivity contribution in [2.75, 3.05) is 27.2 Å². The molecule has 0 aliphatic carbocycles. The number of ether oxygens (including phenoxy) is 1. The second-order valence-electron chi connectivity index (χ2n) is 8.81. The molecule has 0 bridgehead atoms. The van der Waals surface area contributed by atoms with E-state index in [1.54, 1.807) is 18.0 Å². The molecule has 1 fully saturated rings. The van der Waals surface area contributed by atoms with E-state index in [9.17, 15) is 23.2 Å². The largest absolute Gasteiger partial charge is 0.495 e. The molecule has 35 heavy (non-hydrogen) atoms. The highest BCUT2D eigenvalue weighted by atomic mass is 19.3. The van der Waals surface area contributed by atoms with Gasteiger partial charge in [0.2, 0.25) is 5.91 Å². The Morgan fingerprint density at radius 1 is 1.17 bits per heavy atom. The van der Waals surface area contributed by atoms with Gasteiger partial charge in [-0.3, -0.25) is 9.69 Å². The minimum absolute atomic E-state index is 0.0464. The van der Waals surface area contributed by atoms with Gasteiger partial charge in [-0.25, -0.2) is 13.2 Å². The number of carbonyl (C=O) groups is 1. The van der Waals surface area contributed by atoms with Crippen LogP contribution in [0.1, 0.15) is 35.6 Å². The Hall–Kier alpha value is -3.57. The minimum Gasteiger partial charge on any atom is -0.495 e. The molecule has 1 amide bonds. The highest BCUT2D eigenvalue weighted by Crippen LogP contribution is 2.36. The van der Waals surface area contributed by atoms with Crippen LogP contribution in [0.3, 0.4) is 0 Å². The number of benzene rings is 3. The lowest BCUT2D eigenvalue weighted by Crippen LogP contribution is -2.47. The molecule has 4 rings (SSSR count). The third-order valence-corrected chi connectivity index (χ3v) is 6.51. The molecule has 1 aliphatic rings. The molecule has 0 aromatic heterocycles. The lowest BCUT2D eigenvalue weighted by Gasteiger charge is -2.38. The normalized spacial score (nSPS) is 16.5. The van der Waals surface area contributed by atoms with Gasteiger partial charge >= 0.3 is 0 Å². The zero-order valence-electron chi connectivity index (χ0n) is 19.6. The van der Waals surface area contributed by atoms with E-state index in [-0.39, 0.29) is 38.4 Å². The lowest BCUT2D eigenvalue weighted by atomic mass is 9.97. The van der Waals surface area contributed by atoms with Crippen LogP contribution in [-0.2, 0) is 11.3 Å². The van der Waals surface area contributed by atoms with Gasteiger partial charge in [0.05, 0.1) is 12.7 Å². The lowest BCUT2D eigenvalue weighted by molar-refractivity contribution is -0.139. The van der Waals surface area contributed by atoms with Crippen LogP contribution in [0.15, 0.2) is 54.6 Å². The summed E-state index contributed by atoms with van der Waals surface area (Å²) < 4.78 is 46.8. The molecule has 5 nitrogen and oxygen atoms in total. The van der Waals surface area contributed by atoms with Gasteiger partial charge in [0, 0.05) is 45.1 Å². The highest BCUT2D eigenvalue weighted by molar-refractivity contribution is 5.91. The number of alkyl halides is 2. The SMILES string of the molecule is COc1c(C#N)cc2ccccc2c1CN(C)C(=O)C(c1ccc(F)cc1)N1CCC(F)(F)CC1. The molecule has 1 atom stereocenters. The number of carbonyl (C=O) groups excluding carboxylic acids is 1. The van der Waals surface area contributed by atoms with Crippen LogP contribution >= 0.6 is 0 Å². The first-order chi connectivity index (χ1) is 16.7. The molecule has 3 aromatic carbocycles. The molecule has 0 spiro atoms. The van der Waals surface area contributed by atoms with Crippen molar-refractivity contribution in [1.29, 1.82) is 5.26 Å². The smallest absolute Gasteiger partial charge is 0.250 e. The topological polar surface area (TPSA) is 56.6 Å². The molecular formula is C27H26F3N3O2. The maximum Gasteiger partial charge on any atom is 0.250 e. The summed E-state index contributed by atoms with van der Waals surface area (Å²) in [5.41, 5.74) is 1.58. The second-order valence-corrected chi connectivity index (χ2v) is 8.81. The van der Waals surface area contributed by atoms with E-state index < -0.39 is 17.8 Å². The van der Waals surface area contributed by atoms with Crippen molar-refractivity contribution in [3.8, 4) is 11.8 Å². The zero-order chi connectivity index (χ0) is 25.2. The third-order valence-electron chi connectivity index (χ3n) is 6.51. The fourth-order valence-corrected chi connectivity index (χ4v) is 4.66. The van der Waals surface area contributed by atoms with Crippen LogP contribution in [0.2, 0.25) is 0 Å². The predicted molar refractivity (Wildman–Crippen MR) is 127 cm³/mol. The molecule has 0 N–H and O–H groups in total. The van der Waals surface area contributed by atoms with E-state index in [0.717, 1.165) is 10.8 Å². The minimum atomic E-state index is -2.76. The molecule has 1 aliphatic heterocycles. The van der Waals surface area contributed by atoms with Crippen molar-refractivity contribution in [3.05, 3.63) is 77.1 Å². The number of methoxy groups -OCH3 is 1. The van der Waals surface area contributed by atoms with Crippen molar-refractivity contribution >= 4 is 16.7 Å². The molecule has 0 radical (unpaired) electrons. The number of hydrogen-bond donors (Lipinski definition) is 0. The van der Waals surface area contributed by atoms with Crippen molar-refractivity contribution < 1.29 is 22.7 Å². The number of amides is 1. The van der Waals surface area contributed by atoms with Gasteiger partial charge in [0.15, 0.2) is 0 Å². The molecule has 8 heteroatoms. The van der Waals surface area contributed by atoms with Crippen molar-refractivity contribution in [1.82, 2.24) is 9.80 Å². The number of hydrogen-bond acceptors (Lipinski definition) is 4. The van der Waals surface area contributed by atoms with Crippen molar-refractivity contribution in [2.45, 2.75) is 31.4 Å². The van der Waals surface area contributed by atoms with Gasteiger partial charge < -0.3 is 9.64 Å². The summed E-state index contributed by atoms with van der Waals surface area (Å²) in [6.45, 7) is 0.231. The Bertz CT molecular complexity index is 1260. The first-order valence-corrected chi connectivity index (χ1v) is 11.3. The Kier molecular flexibility index (Phi) is 6.99. The fourth-order valence-electron chi connectivity index (χ4n) is 4.66. The van der Waals surface area contributed by atoms with Crippen LogP contribution in [-0.4, -0.2) is 48.9 Å². The van der Waals surface area contributed by atoms with E-state index in [2.05, 4.69) is 6.07 Å². The summed E-state index contributed by atoms with van der Waals surface area (Å²) in [6.07, 6.45) is -0.686. The average molecular weight is 482 g/mol. The maximum atomic E-state index is 13.8. The molecule has 1 saturated heterocycles. The summed E-state index contributed by atoms with van der Waals surface area (Å²) in [5, 5.41) is 11.3. The molecule has 1 unspecified atom stereocenters. The number of rotatable bonds is 6. The number of likely N-dealkylation sites (N-methyl/N-ethyl adjacent to an activating group) is 1. The van der Waals surface area contributed by atoms with Crippen LogP contribution in [0.25, 0.3) is 10.8 Å². The monoisotopic (exact) mass is 481 g/mol. The molecular weight excluding hydrogens is 455 g/mol. The Morgan fingerprint density at radius 3 is 2.46 bits per heavy atom. The molecule has 3 aromatic rings. The first kappa shape index (κ1) is 24.6. The van der Waals surface area contributed by atoms with Gasteiger partial charge in [-0.2, -0.15) is 5.26 Å². The number of fused-ring (bicyclic) bond motifs is 1. The number of nitriles is 1. The predicted octanol–water partition coefficient (Wildman–Crippen LogP) is 5.29. The fraction of sp³-hybridized carbons (Fsp3) is 0.333. The highest BCUT2D eigenvalue weighted by Gasteiger charge is 2.39. The molecule has 0 saturated carbocycles. The second kappa shape index (κ2) is 9.96. The van der Waals surface area contributed by atoms with Crippen LogP contribution in [0.4, 0.5) is 13.2 Å². The van der Waals surface area contributed by atoms with Crippen LogP contribution < -0.4 is 4.74 Å². The summed E-state index contributed by atoms with van der Waals surface area (Å²) >= 11 is 0. The van der Waals surface area contributed by atoms with E-state index >= 15 is 0 Å². The Labute approximate surface area is 202 Å². The summed E-state index contributed by atoms with van der Waals surface area (Å²) in [4.78, 5) is 17.0. The zero-order valence-corrected chi connectivity index (χ0v) is 19.6. The van der Waals surface area contributed by atoms with E-state index in [4.69, 9.17) is 4.74 Å². The number of halogens is 3. The van der Waals surface area contributed by atoms with Crippen LogP contribution in [0.5, 0.6) is 5.75 Å². The van der Waals surface area contributed by atoms with Gasteiger partial charge in [-0.05, 0) is 34.5 Å². The van der Waals surface area contributed by atoms with Gasteiger partial charge in [-0.1, -0.05) is 36.4 Å². The Balaban J connectivity index is 1.70. The third kappa shape index (κ3) is 5.10. The summed E-state index contributed by atoms with van der Waals surface area (Å²) in [7, 11) is 3.11. The quantitative estimate of drug-likeness (QED) is 0.480. The van der Waals surface area contributed by atoms with Crippen LogP contribution in [0, 0.1) is 17.1 Å². The molecule has 182 valence electrons. The molecule has 1 heterocycles. The summed E-state index contributed by atoms with van der Waals surface area (Å²) in [6, 6.07) is 16.1. The van der Waals surface area contributed by atoms with E-state index in [1.165, 1.54) is 36.3 Å². The van der Waals surface area contributed by atoms with Gasteiger partial charge in [0.1, 0.15) is 23.7 Å². The number of piperidine rings is 1. The Morgan fingerprint density at radius 2 is 1.83 bits per heavy atom. The van der Waals surface area contributed by atoms with Gasteiger partial charge in [0.25, 0.3) is 5.92 Å². The maximum absolute atomic E-state index is 13.8. The first-order valence-electron chi connectivity index (χ1n) is 11.3. The van der Waals surface area contributed by atoms with Crippen molar-refractivity contribution in [2.24, 2.45) is 0 Å². The average Bonchev–Trinajstić information content (AvgIpc) is 2.85. The number of likely N-dealkylation sites (tertiary alicyclic amines) is 1. The van der Waals surface area contributed by atoms with E-state index in [1.807, 2.05) is 24.3 Å². The van der Waals surface area contributed by atoms with E-state index in [0.29, 0.717) is 22.4 Å². The standard InChI is InChI=1S/C27H26F3N3O2/c1-32(17-23-22-6-4-3-5-19(22)15-20(16-31)25(23)35-2)26(34)24(18-7-9-21(28)10-8-18)33-13-11-27(29,30)12-14-33/h3-10,15,24H,11-14,17H2,1-2H3. The van der Waals surface area contributed by atoms with Gasteiger partial charge in [-0.15, -0.1) is 0 Å². The van der Waals surface area contributed by atoms with Crippen molar-refractivity contribution in [3.63, 3.8) is 0 Å².